The smallest absolute Gasteiger partial charge is 0.0651 e. The molecule has 9 heteroatoms. The van der Waals surface area contributed by atoms with Crippen molar-refractivity contribution in [1.82, 2.24) is 16.0 Å². The van der Waals surface area contributed by atoms with E-state index in [4.69, 9.17) is 18.9 Å². The molecule has 5 N–H and O–H groups in total. The van der Waals surface area contributed by atoms with E-state index in [0.29, 0.717) is 12.8 Å². The molecule has 4 aliphatic rings. The lowest BCUT2D eigenvalue weighted by atomic mass is 9.77. The van der Waals surface area contributed by atoms with Crippen molar-refractivity contribution < 1.29 is 29.2 Å². The number of nitrogens with one attached hydrogen (secondary N) is 3. The number of methoxy groups -OCH3 is 4. The van der Waals surface area contributed by atoms with Crippen molar-refractivity contribution in [3.05, 3.63) is 0 Å². The van der Waals surface area contributed by atoms with Gasteiger partial charge in [0.15, 0.2) is 0 Å². The summed E-state index contributed by atoms with van der Waals surface area (Å²) in [6.07, 6.45) is 7.51. The van der Waals surface area contributed by atoms with Gasteiger partial charge in [0.05, 0.1) is 55.1 Å². The maximum absolute atomic E-state index is 11.0. The lowest BCUT2D eigenvalue weighted by molar-refractivity contribution is -0.0878. The van der Waals surface area contributed by atoms with E-state index < -0.39 is 12.2 Å². The Balaban J connectivity index is 1.51. The maximum atomic E-state index is 11.0. The molecule has 0 aromatic heterocycles. The van der Waals surface area contributed by atoms with E-state index in [2.05, 4.69) is 16.0 Å². The number of ether oxygens (including phenoxy) is 4. The molecule has 0 aromatic carbocycles. The van der Waals surface area contributed by atoms with Crippen molar-refractivity contribution in [1.29, 1.82) is 0 Å². The number of hydrogen-bond acceptors (Lipinski definition) is 9. The normalized spacial score (nSPS) is 48.5. The first-order chi connectivity index (χ1) is 16.5. The molecule has 4 rings (SSSR count). The molecule has 34 heavy (non-hydrogen) atoms. The van der Waals surface area contributed by atoms with Gasteiger partial charge in [-0.3, -0.25) is 16.0 Å². The van der Waals surface area contributed by atoms with E-state index in [1.807, 2.05) is 0 Å². The highest BCUT2D eigenvalue weighted by atomic mass is 16.5. The number of rotatable bonds is 7. The highest BCUT2D eigenvalue weighted by molar-refractivity contribution is 5.00. The molecule has 11 atom stereocenters. The van der Waals surface area contributed by atoms with Crippen LogP contribution in [0.25, 0.3) is 0 Å². The Kier molecular flexibility index (Phi) is 9.62. The van der Waals surface area contributed by atoms with Crippen molar-refractivity contribution in [2.75, 3.05) is 28.4 Å². The van der Waals surface area contributed by atoms with Crippen molar-refractivity contribution >= 4 is 0 Å². The first-order valence-corrected chi connectivity index (χ1v) is 13.2. The van der Waals surface area contributed by atoms with Crippen LogP contribution < -0.4 is 16.0 Å². The minimum absolute atomic E-state index is 0.0266. The third-order valence-corrected chi connectivity index (χ3v) is 9.10. The second-order valence-corrected chi connectivity index (χ2v) is 10.8. The summed E-state index contributed by atoms with van der Waals surface area (Å²) < 4.78 is 22.6. The van der Waals surface area contributed by atoms with Gasteiger partial charge in [-0.1, -0.05) is 0 Å². The Morgan fingerprint density at radius 1 is 0.500 bits per heavy atom. The lowest BCUT2D eigenvalue weighted by Gasteiger charge is -2.51. The number of aliphatic hydroxyl groups excluding tert-OH is 2. The van der Waals surface area contributed by atoms with Gasteiger partial charge in [0.2, 0.25) is 0 Å². The summed E-state index contributed by atoms with van der Waals surface area (Å²) in [4.78, 5) is 0. The Hall–Kier alpha value is -0.360. The summed E-state index contributed by atoms with van der Waals surface area (Å²) >= 11 is 0. The van der Waals surface area contributed by atoms with E-state index in [1.54, 1.807) is 28.4 Å². The molecule has 4 fully saturated rings. The van der Waals surface area contributed by atoms with Crippen LogP contribution in [-0.4, -0.2) is 93.8 Å². The largest absolute Gasteiger partial charge is 0.393 e. The lowest BCUT2D eigenvalue weighted by Crippen LogP contribution is -2.75. The fraction of sp³-hybridized carbons (Fsp3) is 1.00. The molecule has 0 amide bonds. The Labute approximate surface area is 204 Å². The van der Waals surface area contributed by atoms with E-state index >= 15 is 0 Å². The summed E-state index contributed by atoms with van der Waals surface area (Å²) in [5, 5.41) is 33.4. The topological polar surface area (TPSA) is 113 Å². The SMILES string of the molecule is COC1CCC(C2NC(C3CCC(OC)CC3O)NC(C3CCC(OC)CC3OC)N2)C(O)C1. The van der Waals surface area contributed by atoms with Crippen molar-refractivity contribution in [3.8, 4) is 0 Å². The van der Waals surface area contributed by atoms with Crippen molar-refractivity contribution in [2.24, 2.45) is 17.8 Å². The first-order valence-electron chi connectivity index (χ1n) is 13.2. The van der Waals surface area contributed by atoms with E-state index in [9.17, 15) is 10.2 Å². The monoisotopic (exact) mass is 485 g/mol. The van der Waals surface area contributed by atoms with E-state index in [0.717, 1.165) is 44.9 Å². The molecule has 198 valence electrons. The minimum Gasteiger partial charge on any atom is -0.393 e. The number of aliphatic hydroxyl groups is 2. The standard InChI is InChI=1S/C25H47N3O6/c1-31-14-5-8-17(20(29)11-14)23-26-24(18-9-6-15(32-2)12-21(18)30)28-25(27-23)19-10-7-16(33-3)13-22(19)34-4/h14-30H,5-13H2,1-4H3. The fourth-order valence-electron chi connectivity index (χ4n) is 6.92. The third kappa shape index (κ3) is 5.95. The highest BCUT2D eigenvalue weighted by Gasteiger charge is 2.46. The fourth-order valence-corrected chi connectivity index (χ4v) is 6.92. The van der Waals surface area contributed by atoms with Crippen LogP contribution in [0.5, 0.6) is 0 Å². The van der Waals surface area contributed by atoms with Gasteiger partial charge in [-0.2, -0.15) is 0 Å². The molecular formula is C25H47N3O6. The summed E-state index contributed by atoms with van der Waals surface area (Å²) in [5.74, 6) is 0.452. The maximum Gasteiger partial charge on any atom is 0.0651 e. The molecule has 0 aromatic rings. The van der Waals surface area contributed by atoms with Crippen LogP contribution in [0.1, 0.15) is 57.8 Å². The quantitative estimate of drug-likeness (QED) is 0.359. The Bertz CT molecular complexity index is 593. The molecule has 0 bridgehead atoms. The van der Waals surface area contributed by atoms with Crippen molar-refractivity contribution in [2.45, 2.75) is 113 Å². The van der Waals surface area contributed by atoms with Gasteiger partial charge >= 0.3 is 0 Å². The molecule has 0 spiro atoms. The van der Waals surface area contributed by atoms with Crippen LogP contribution in [0, 0.1) is 17.8 Å². The van der Waals surface area contributed by atoms with Gasteiger partial charge in [-0.25, -0.2) is 0 Å². The zero-order valence-electron chi connectivity index (χ0n) is 21.3. The van der Waals surface area contributed by atoms with Crippen LogP contribution >= 0.6 is 0 Å². The minimum atomic E-state index is -0.431. The van der Waals surface area contributed by atoms with Crippen LogP contribution in [0.2, 0.25) is 0 Å². The summed E-state index contributed by atoms with van der Waals surface area (Å²) in [6.45, 7) is 0. The molecule has 1 aliphatic heterocycles. The molecule has 1 saturated heterocycles. The van der Waals surface area contributed by atoms with Gasteiger partial charge < -0.3 is 29.2 Å². The van der Waals surface area contributed by atoms with Crippen molar-refractivity contribution in [3.63, 3.8) is 0 Å². The zero-order valence-corrected chi connectivity index (χ0v) is 21.3. The van der Waals surface area contributed by atoms with Gasteiger partial charge in [0.25, 0.3) is 0 Å². The van der Waals surface area contributed by atoms with Crippen LogP contribution in [0.3, 0.4) is 0 Å². The Morgan fingerprint density at radius 2 is 0.882 bits per heavy atom. The molecule has 1 heterocycles. The Morgan fingerprint density at radius 3 is 1.26 bits per heavy atom. The second kappa shape index (κ2) is 12.3. The van der Waals surface area contributed by atoms with Gasteiger partial charge in [0, 0.05) is 52.6 Å². The van der Waals surface area contributed by atoms with Crippen LogP contribution in [0.15, 0.2) is 0 Å². The molecule has 11 unspecified atom stereocenters. The molecule has 9 nitrogen and oxygen atoms in total. The second-order valence-electron chi connectivity index (χ2n) is 10.8. The third-order valence-electron chi connectivity index (χ3n) is 9.10. The van der Waals surface area contributed by atoms with Gasteiger partial charge in [-0.05, 0) is 51.4 Å². The van der Waals surface area contributed by atoms with E-state index in [1.165, 1.54) is 0 Å². The molecule has 3 aliphatic carbocycles. The van der Waals surface area contributed by atoms with Crippen LogP contribution in [-0.2, 0) is 18.9 Å². The molecule has 3 saturated carbocycles. The zero-order chi connectivity index (χ0) is 24.2. The van der Waals surface area contributed by atoms with E-state index in [-0.39, 0.29) is 60.7 Å². The average Bonchev–Trinajstić information content (AvgIpc) is 2.87. The predicted octanol–water partition coefficient (Wildman–Crippen LogP) is 0.929. The van der Waals surface area contributed by atoms with Crippen LogP contribution in [0.4, 0.5) is 0 Å². The van der Waals surface area contributed by atoms with Gasteiger partial charge in [0.1, 0.15) is 0 Å². The molecule has 0 radical (unpaired) electrons. The first kappa shape index (κ1) is 26.7. The van der Waals surface area contributed by atoms with Gasteiger partial charge in [-0.15, -0.1) is 0 Å². The highest BCUT2D eigenvalue weighted by Crippen LogP contribution is 2.36. The summed E-state index contributed by atoms with van der Waals surface area (Å²) in [6, 6.07) is 0. The predicted molar refractivity (Wildman–Crippen MR) is 128 cm³/mol. The average molecular weight is 486 g/mol. The number of hydrogen-bond donors (Lipinski definition) is 5. The molecular weight excluding hydrogens is 438 g/mol. The summed E-state index contributed by atoms with van der Waals surface area (Å²) in [7, 11) is 7.02. The summed E-state index contributed by atoms with van der Waals surface area (Å²) in [5.41, 5.74) is 0.